The van der Waals surface area contributed by atoms with Gasteiger partial charge in [-0.1, -0.05) is 6.42 Å². The van der Waals surface area contributed by atoms with Gasteiger partial charge < -0.3 is 9.88 Å². The topological polar surface area (TPSA) is 93.1 Å². The van der Waals surface area contributed by atoms with Gasteiger partial charge in [0.25, 0.3) is 10.0 Å². The molecular formula is C21H22N4O3S. The fourth-order valence-corrected chi connectivity index (χ4v) is 5.25. The van der Waals surface area contributed by atoms with Crippen LogP contribution in [0.25, 0.3) is 11.0 Å². The van der Waals surface area contributed by atoms with E-state index < -0.39 is 10.0 Å². The molecule has 0 bridgehead atoms. The van der Waals surface area contributed by atoms with E-state index in [2.05, 4.69) is 14.6 Å². The van der Waals surface area contributed by atoms with Crippen molar-refractivity contribution in [3.05, 3.63) is 47.8 Å². The van der Waals surface area contributed by atoms with E-state index in [0.717, 1.165) is 48.2 Å². The van der Waals surface area contributed by atoms with E-state index in [9.17, 15) is 13.2 Å². The van der Waals surface area contributed by atoms with Gasteiger partial charge in [-0.05, 0) is 61.2 Å². The van der Waals surface area contributed by atoms with E-state index in [-0.39, 0.29) is 10.8 Å². The number of benzene rings is 2. The molecule has 0 atom stereocenters. The van der Waals surface area contributed by atoms with Gasteiger partial charge in [-0.25, -0.2) is 13.4 Å². The van der Waals surface area contributed by atoms with Gasteiger partial charge in [0.2, 0.25) is 5.91 Å². The number of nitrogens with one attached hydrogen (secondary N) is 2. The van der Waals surface area contributed by atoms with Crippen LogP contribution in [0.4, 0.5) is 11.4 Å². The Balaban J connectivity index is 1.44. The monoisotopic (exact) mass is 410 g/mol. The van der Waals surface area contributed by atoms with Gasteiger partial charge in [-0.15, -0.1) is 0 Å². The summed E-state index contributed by atoms with van der Waals surface area (Å²) in [6, 6.07) is 10.3. The lowest BCUT2D eigenvalue weighted by Gasteiger charge is -2.18. The molecule has 2 N–H and O–H groups in total. The lowest BCUT2D eigenvalue weighted by molar-refractivity contribution is -0.116. The average molecular weight is 410 g/mol. The average Bonchev–Trinajstić information content (AvgIpc) is 2.87. The maximum atomic E-state index is 12.9. The molecule has 0 spiro atoms. The number of rotatable bonds is 3. The number of aromatic nitrogens is 2. The van der Waals surface area contributed by atoms with Gasteiger partial charge >= 0.3 is 0 Å². The number of sulfonamides is 1. The molecule has 1 aromatic heterocycles. The molecule has 2 aliphatic heterocycles. The van der Waals surface area contributed by atoms with Crippen LogP contribution in [0.1, 0.15) is 37.1 Å². The molecule has 0 unspecified atom stereocenters. The standard InChI is InChI=1S/C21H22N4O3S/c26-21-10-5-14-12-16(7-8-17(14)23-21)29(27,28)24-15-6-9-19-18(13-15)22-20-4-2-1-3-11-25(19)20/h6-9,12-13,24H,1-5,10-11H2,(H,23,26). The molecule has 3 aromatic rings. The summed E-state index contributed by atoms with van der Waals surface area (Å²) < 4.78 is 30.7. The largest absolute Gasteiger partial charge is 0.328 e. The summed E-state index contributed by atoms with van der Waals surface area (Å²) in [7, 11) is -3.73. The van der Waals surface area contributed by atoms with Crippen LogP contribution >= 0.6 is 0 Å². The molecule has 0 fully saturated rings. The highest BCUT2D eigenvalue weighted by atomic mass is 32.2. The van der Waals surface area contributed by atoms with Gasteiger partial charge in [-0.2, -0.15) is 0 Å². The van der Waals surface area contributed by atoms with Crippen LogP contribution in [-0.4, -0.2) is 23.9 Å². The van der Waals surface area contributed by atoms with E-state index in [1.807, 2.05) is 6.07 Å². The molecule has 1 amide bonds. The van der Waals surface area contributed by atoms with E-state index in [4.69, 9.17) is 4.98 Å². The summed E-state index contributed by atoms with van der Waals surface area (Å²) in [6.07, 6.45) is 5.37. The smallest absolute Gasteiger partial charge is 0.261 e. The summed E-state index contributed by atoms with van der Waals surface area (Å²) in [5.41, 5.74) is 3.88. The first kappa shape index (κ1) is 18.2. The quantitative estimate of drug-likeness (QED) is 0.692. The first-order valence-electron chi connectivity index (χ1n) is 9.94. The van der Waals surface area contributed by atoms with E-state index in [1.165, 1.54) is 12.5 Å². The third-order valence-electron chi connectivity index (χ3n) is 5.64. The van der Waals surface area contributed by atoms with E-state index >= 15 is 0 Å². The summed E-state index contributed by atoms with van der Waals surface area (Å²) in [4.78, 5) is 16.4. The Bertz CT molecular complexity index is 1230. The molecule has 0 saturated carbocycles. The predicted molar refractivity (Wildman–Crippen MR) is 111 cm³/mol. The van der Waals surface area contributed by atoms with Crippen LogP contribution < -0.4 is 10.0 Å². The van der Waals surface area contributed by atoms with E-state index in [0.29, 0.717) is 24.2 Å². The van der Waals surface area contributed by atoms with Crippen molar-refractivity contribution in [2.45, 2.75) is 50.0 Å². The minimum absolute atomic E-state index is 0.0435. The van der Waals surface area contributed by atoms with Gasteiger partial charge in [0.1, 0.15) is 5.82 Å². The summed E-state index contributed by atoms with van der Waals surface area (Å²) in [5, 5.41) is 2.77. The second-order valence-corrected chi connectivity index (χ2v) is 9.35. The third-order valence-corrected chi connectivity index (χ3v) is 7.02. The lowest BCUT2D eigenvalue weighted by atomic mass is 10.0. The first-order valence-corrected chi connectivity index (χ1v) is 11.4. The SMILES string of the molecule is O=C1CCc2cc(S(=O)(=O)Nc3ccc4c(c3)nc3n4CCCCC3)ccc2N1. The van der Waals surface area contributed by atoms with Crippen LogP contribution in [-0.2, 0) is 34.2 Å². The zero-order chi connectivity index (χ0) is 20.0. The number of carbonyl (C=O) groups excluding carboxylic acids is 1. The van der Waals surface area contributed by atoms with Gasteiger partial charge in [0.15, 0.2) is 0 Å². The van der Waals surface area contributed by atoms with Crippen LogP contribution in [0.2, 0.25) is 0 Å². The Morgan fingerprint density at radius 2 is 1.90 bits per heavy atom. The van der Waals surface area contributed by atoms with Crippen molar-refractivity contribution in [2.75, 3.05) is 10.0 Å². The maximum Gasteiger partial charge on any atom is 0.261 e. The molecule has 8 heteroatoms. The van der Waals surface area contributed by atoms with Crippen molar-refractivity contribution in [3.8, 4) is 0 Å². The molecule has 150 valence electrons. The number of anilines is 2. The van der Waals surface area contributed by atoms with Crippen LogP contribution in [0.15, 0.2) is 41.3 Å². The summed E-state index contributed by atoms with van der Waals surface area (Å²) in [5.74, 6) is 1.03. The zero-order valence-corrected chi connectivity index (χ0v) is 16.8. The van der Waals surface area contributed by atoms with Gasteiger partial charge in [0, 0.05) is 25.1 Å². The number of nitrogens with zero attached hydrogens (tertiary/aromatic N) is 2. The molecule has 0 saturated heterocycles. The van der Waals surface area contributed by atoms with Gasteiger partial charge in [-0.3, -0.25) is 9.52 Å². The molecule has 3 heterocycles. The van der Waals surface area contributed by atoms with Crippen molar-refractivity contribution >= 4 is 38.3 Å². The number of amides is 1. The lowest BCUT2D eigenvalue weighted by Crippen LogP contribution is -2.20. The normalized spacial score (nSPS) is 16.6. The molecule has 2 aromatic carbocycles. The Morgan fingerprint density at radius 3 is 2.79 bits per heavy atom. The molecule has 2 aliphatic rings. The molecule has 5 rings (SSSR count). The molecule has 7 nitrogen and oxygen atoms in total. The summed E-state index contributed by atoms with van der Waals surface area (Å²) >= 11 is 0. The number of hydrogen-bond acceptors (Lipinski definition) is 4. The third kappa shape index (κ3) is 3.37. The summed E-state index contributed by atoms with van der Waals surface area (Å²) in [6.45, 7) is 0.961. The fraction of sp³-hybridized carbons (Fsp3) is 0.333. The second kappa shape index (κ2) is 6.88. The molecular weight excluding hydrogens is 388 g/mol. The highest BCUT2D eigenvalue weighted by Crippen LogP contribution is 2.28. The van der Waals surface area contributed by atoms with Crippen molar-refractivity contribution in [1.82, 2.24) is 9.55 Å². The minimum atomic E-state index is -3.73. The zero-order valence-electron chi connectivity index (χ0n) is 15.9. The predicted octanol–water partition coefficient (Wildman–Crippen LogP) is 3.45. The number of imidazole rings is 1. The van der Waals surface area contributed by atoms with E-state index in [1.54, 1.807) is 24.3 Å². The van der Waals surface area contributed by atoms with Gasteiger partial charge in [0.05, 0.1) is 21.6 Å². The maximum absolute atomic E-state index is 12.9. The van der Waals surface area contributed by atoms with Crippen LogP contribution in [0.3, 0.4) is 0 Å². The fourth-order valence-electron chi connectivity index (χ4n) is 4.15. The highest BCUT2D eigenvalue weighted by Gasteiger charge is 2.21. The molecule has 29 heavy (non-hydrogen) atoms. The van der Waals surface area contributed by atoms with Crippen molar-refractivity contribution in [3.63, 3.8) is 0 Å². The van der Waals surface area contributed by atoms with Crippen LogP contribution in [0, 0.1) is 0 Å². The second-order valence-electron chi connectivity index (χ2n) is 7.67. The van der Waals surface area contributed by atoms with Crippen molar-refractivity contribution < 1.29 is 13.2 Å². The Morgan fingerprint density at radius 1 is 1.00 bits per heavy atom. The minimum Gasteiger partial charge on any atom is -0.328 e. The Hall–Kier alpha value is -2.87. The Kier molecular flexibility index (Phi) is 4.31. The number of aryl methyl sites for hydroxylation is 3. The highest BCUT2D eigenvalue weighted by molar-refractivity contribution is 7.92. The number of hydrogen-bond donors (Lipinski definition) is 2. The number of fused-ring (bicyclic) bond motifs is 4. The number of carbonyl (C=O) groups is 1. The first-order chi connectivity index (χ1) is 14.0. The van der Waals surface area contributed by atoms with Crippen molar-refractivity contribution in [2.24, 2.45) is 0 Å². The molecule has 0 aliphatic carbocycles. The molecule has 0 radical (unpaired) electrons. The van der Waals surface area contributed by atoms with Crippen LogP contribution in [0.5, 0.6) is 0 Å². The van der Waals surface area contributed by atoms with Crippen molar-refractivity contribution in [1.29, 1.82) is 0 Å². The Labute approximate surface area is 169 Å².